The second-order valence-electron chi connectivity index (χ2n) is 8.06. The minimum atomic E-state index is -0.507. The molecule has 3 rings (SSSR count). The molecule has 1 saturated carbocycles. The molecule has 1 aliphatic heterocycles. The Morgan fingerprint density at radius 2 is 1.89 bits per heavy atom. The second kappa shape index (κ2) is 9.60. The van der Waals surface area contributed by atoms with Crippen molar-refractivity contribution in [2.24, 2.45) is 11.8 Å². The van der Waals surface area contributed by atoms with E-state index in [9.17, 15) is 9.59 Å². The summed E-state index contributed by atoms with van der Waals surface area (Å²) < 4.78 is 0. The highest BCUT2D eigenvalue weighted by atomic mass is 35.5. The Bertz CT molecular complexity index is 692. The van der Waals surface area contributed by atoms with Gasteiger partial charge in [-0.05, 0) is 56.8 Å². The van der Waals surface area contributed by atoms with Crippen molar-refractivity contribution in [3.63, 3.8) is 0 Å². The van der Waals surface area contributed by atoms with E-state index >= 15 is 0 Å². The zero-order valence-electron chi connectivity index (χ0n) is 15.9. The van der Waals surface area contributed by atoms with Crippen LogP contribution in [0.3, 0.4) is 0 Å². The van der Waals surface area contributed by atoms with E-state index in [4.69, 9.17) is 17.3 Å². The largest absolute Gasteiger partial charge is 0.384 e. The molecule has 0 bridgehead atoms. The molecule has 6 nitrogen and oxygen atoms in total. The van der Waals surface area contributed by atoms with Gasteiger partial charge in [0.05, 0.1) is 5.02 Å². The molecule has 0 aromatic carbocycles. The fraction of sp³-hybridized carbons (Fsp3) is 0.700. The van der Waals surface area contributed by atoms with E-state index in [1.807, 2.05) is 0 Å². The number of nitrogens with two attached hydrogens (primary N) is 1. The number of aromatic amines is 1. The maximum Gasteiger partial charge on any atom is 0.262 e. The van der Waals surface area contributed by atoms with Gasteiger partial charge in [-0.25, -0.2) is 0 Å². The zero-order chi connectivity index (χ0) is 19.2. The van der Waals surface area contributed by atoms with Crippen molar-refractivity contribution >= 4 is 23.3 Å². The van der Waals surface area contributed by atoms with Gasteiger partial charge in [0.1, 0.15) is 11.4 Å². The summed E-state index contributed by atoms with van der Waals surface area (Å²) in [5.41, 5.74) is 5.05. The van der Waals surface area contributed by atoms with Crippen LogP contribution in [0, 0.1) is 11.8 Å². The number of nitrogen functional groups attached to an aromatic ring is 1. The number of nitrogens with zero attached hydrogens (tertiary/aromatic N) is 1. The van der Waals surface area contributed by atoms with Crippen LogP contribution in [0.5, 0.6) is 0 Å². The molecule has 0 radical (unpaired) electrons. The quantitative estimate of drug-likeness (QED) is 0.691. The van der Waals surface area contributed by atoms with Crippen molar-refractivity contribution in [2.75, 3.05) is 31.9 Å². The SMILES string of the molecule is Nc1[nH]c(=O)c(C(=O)NCC2CCN(CCC3CCCCC3)CC2)cc1Cl. The Hall–Kier alpha value is -1.53. The summed E-state index contributed by atoms with van der Waals surface area (Å²) >= 11 is 5.90. The lowest BCUT2D eigenvalue weighted by Gasteiger charge is -2.33. The van der Waals surface area contributed by atoms with Crippen LogP contribution in [-0.2, 0) is 0 Å². The number of amides is 1. The van der Waals surface area contributed by atoms with E-state index in [0.717, 1.165) is 31.8 Å². The smallest absolute Gasteiger partial charge is 0.262 e. The van der Waals surface area contributed by atoms with Crippen LogP contribution in [0.2, 0.25) is 5.02 Å². The van der Waals surface area contributed by atoms with Crippen molar-refractivity contribution in [1.29, 1.82) is 0 Å². The Morgan fingerprint density at radius 1 is 1.19 bits per heavy atom. The molecule has 150 valence electrons. The molecule has 2 fully saturated rings. The van der Waals surface area contributed by atoms with Gasteiger partial charge in [0, 0.05) is 6.54 Å². The van der Waals surface area contributed by atoms with Crippen LogP contribution in [0.1, 0.15) is 61.7 Å². The summed E-state index contributed by atoms with van der Waals surface area (Å²) in [7, 11) is 0. The molecule has 1 aromatic rings. The molecule has 1 aliphatic carbocycles. The lowest BCUT2D eigenvalue weighted by atomic mass is 9.86. The maximum atomic E-state index is 12.3. The molecule has 2 aliphatic rings. The Labute approximate surface area is 165 Å². The van der Waals surface area contributed by atoms with Crippen LogP contribution < -0.4 is 16.6 Å². The number of nitrogens with one attached hydrogen (secondary N) is 2. The van der Waals surface area contributed by atoms with E-state index < -0.39 is 11.5 Å². The second-order valence-corrected chi connectivity index (χ2v) is 8.47. The number of piperidine rings is 1. The third-order valence-corrected chi connectivity index (χ3v) is 6.42. The predicted octanol–water partition coefficient (Wildman–Crippen LogP) is 3.02. The average molecular weight is 395 g/mol. The highest BCUT2D eigenvalue weighted by Gasteiger charge is 2.22. The van der Waals surface area contributed by atoms with Crippen LogP contribution in [0.15, 0.2) is 10.9 Å². The fourth-order valence-electron chi connectivity index (χ4n) is 4.28. The van der Waals surface area contributed by atoms with E-state index in [1.54, 1.807) is 0 Å². The minimum absolute atomic E-state index is 0.0131. The van der Waals surface area contributed by atoms with Crippen LogP contribution in [0.4, 0.5) is 5.82 Å². The summed E-state index contributed by atoms with van der Waals surface area (Å²) in [6.45, 7) is 4.00. The first kappa shape index (κ1) is 20.2. The highest BCUT2D eigenvalue weighted by Crippen LogP contribution is 2.27. The van der Waals surface area contributed by atoms with E-state index in [2.05, 4.69) is 15.2 Å². The molecular weight excluding hydrogens is 364 g/mol. The summed E-state index contributed by atoms with van der Waals surface area (Å²) in [6, 6.07) is 1.33. The van der Waals surface area contributed by atoms with Gasteiger partial charge in [-0.1, -0.05) is 43.7 Å². The van der Waals surface area contributed by atoms with Crippen LogP contribution in [-0.4, -0.2) is 42.0 Å². The number of anilines is 1. The molecule has 0 unspecified atom stereocenters. The molecule has 1 aromatic heterocycles. The first-order valence-electron chi connectivity index (χ1n) is 10.2. The number of carbonyl (C=O) groups excluding carboxylic acids is 1. The minimum Gasteiger partial charge on any atom is -0.384 e. The molecule has 0 atom stereocenters. The number of pyridine rings is 1. The molecule has 1 saturated heterocycles. The lowest BCUT2D eigenvalue weighted by Crippen LogP contribution is -2.40. The standard InChI is InChI=1S/C20H31ClN4O2/c21-17-12-16(20(27)24-18(17)22)19(26)23-13-15-7-10-25(11-8-15)9-6-14-4-2-1-3-5-14/h12,14-15H,1-11,13H2,(H,23,26)(H3,22,24,27). The number of aromatic nitrogens is 1. The summed E-state index contributed by atoms with van der Waals surface area (Å²) in [5, 5.41) is 3.06. The Kier molecular flexibility index (Phi) is 7.19. The van der Waals surface area contributed by atoms with Crippen molar-refractivity contribution in [2.45, 2.75) is 51.4 Å². The van der Waals surface area contributed by atoms with Crippen LogP contribution >= 0.6 is 11.6 Å². The normalized spacial score (nSPS) is 19.9. The Morgan fingerprint density at radius 3 is 2.59 bits per heavy atom. The van der Waals surface area contributed by atoms with Gasteiger partial charge in [-0.15, -0.1) is 0 Å². The average Bonchev–Trinajstić information content (AvgIpc) is 2.69. The summed E-state index contributed by atoms with van der Waals surface area (Å²) in [4.78, 5) is 29.1. The lowest BCUT2D eigenvalue weighted by molar-refractivity contribution is 0.0933. The number of H-pyrrole nitrogens is 1. The number of rotatable bonds is 6. The molecule has 4 N–H and O–H groups in total. The van der Waals surface area contributed by atoms with Gasteiger partial charge in [0.15, 0.2) is 0 Å². The van der Waals surface area contributed by atoms with Gasteiger partial charge < -0.3 is 20.9 Å². The maximum absolute atomic E-state index is 12.3. The molecule has 0 spiro atoms. The zero-order valence-corrected chi connectivity index (χ0v) is 16.7. The topological polar surface area (TPSA) is 91.2 Å². The first-order chi connectivity index (χ1) is 13.0. The third-order valence-electron chi connectivity index (χ3n) is 6.10. The number of hydrogen-bond donors (Lipinski definition) is 3. The van der Waals surface area contributed by atoms with E-state index in [0.29, 0.717) is 12.5 Å². The van der Waals surface area contributed by atoms with Crippen LogP contribution in [0.25, 0.3) is 0 Å². The van der Waals surface area contributed by atoms with Crippen molar-refractivity contribution in [3.8, 4) is 0 Å². The molecular formula is C20H31ClN4O2. The monoisotopic (exact) mass is 394 g/mol. The van der Waals surface area contributed by atoms with Gasteiger partial charge in [-0.2, -0.15) is 0 Å². The van der Waals surface area contributed by atoms with Gasteiger partial charge >= 0.3 is 0 Å². The molecule has 1 amide bonds. The van der Waals surface area contributed by atoms with Gasteiger partial charge in [0.25, 0.3) is 11.5 Å². The number of carbonyl (C=O) groups is 1. The first-order valence-corrected chi connectivity index (χ1v) is 10.6. The highest BCUT2D eigenvalue weighted by molar-refractivity contribution is 6.33. The van der Waals surface area contributed by atoms with E-state index in [1.165, 1.54) is 51.1 Å². The van der Waals surface area contributed by atoms with Crippen molar-refractivity contribution in [1.82, 2.24) is 15.2 Å². The fourth-order valence-corrected chi connectivity index (χ4v) is 4.43. The third kappa shape index (κ3) is 5.72. The summed E-state index contributed by atoms with van der Waals surface area (Å²) in [5.74, 6) is 1.08. The molecule has 2 heterocycles. The number of hydrogen-bond acceptors (Lipinski definition) is 4. The Balaban J connectivity index is 1.38. The van der Waals surface area contributed by atoms with Gasteiger partial charge in [-0.3, -0.25) is 9.59 Å². The van der Waals surface area contributed by atoms with E-state index in [-0.39, 0.29) is 16.4 Å². The summed E-state index contributed by atoms with van der Waals surface area (Å²) in [6.07, 6.45) is 10.6. The predicted molar refractivity (Wildman–Crippen MR) is 109 cm³/mol. The molecule has 27 heavy (non-hydrogen) atoms. The van der Waals surface area contributed by atoms with Crippen molar-refractivity contribution < 1.29 is 4.79 Å². The van der Waals surface area contributed by atoms with Crippen molar-refractivity contribution in [3.05, 3.63) is 27.0 Å². The number of halogens is 1. The van der Waals surface area contributed by atoms with Gasteiger partial charge in [0.2, 0.25) is 0 Å². The number of likely N-dealkylation sites (tertiary alicyclic amines) is 1. The molecule has 7 heteroatoms.